The Kier molecular flexibility index (Phi) is 4.20. The third-order valence-electron chi connectivity index (χ3n) is 2.70. The highest BCUT2D eigenvalue weighted by Crippen LogP contribution is 2.25. The van der Waals surface area contributed by atoms with Crippen LogP contribution in [0.25, 0.3) is 0 Å². The number of aliphatic hydroxyl groups excluding tert-OH is 1. The lowest BCUT2D eigenvalue weighted by Crippen LogP contribution is -2.49. The van der Waals surface area contributed by atoms with Crippen LogP contribution in [0.4, 0.5) is 4.79 Å². The van der Waals surface area contributed by atoms with Gasteiger partial charge in [-0.25, -0.2) is 4.79 Å². The zero-order valence-electron chi connectivity index (χ0n) is 9.07. The van der Waals surface area contributed by atoms with Crippen LogP contribution in [-0.4, -0.2) is 54.2 Å². The summed E-state index contributed by atoms with van der Waals surface area (Å²) in [5.74, 6) is 0. The number of amides is 2. The van der Waals surface area contributed by atoms with Gasteiger partial charge in [0.15, 0.2) is 0 Å². The molecule has 1 aliphatic rings. The highest BCUT2D eigenvalue weighted by Gasteiger charge is 2.28. The van der Waals surface area contributed by atoms with Gasteiger partial charge in [-0.05, 0) is 25.7 Å². The van der Waals surface area contributed by atoms with Crippen molar-refractivity contribution >= 4 is 6.03 Å². The summed E-state index contributed by atoms with van der Waals surface area (Å²) in [6.45, 7) is 0.835. The molecular formula is C10H20N2O2. The zero-order chi connectivity index (χ0) is 10.6. The zero-order valence-corrected chi connectivity index (χ0v) is 9.07. The van der Waals surface area contributed by atoms with Crippen molar-refractivity contribution in [1.29, 1.82) is 0 Å². The first-order valence-electron chi connectivity index (χ1n) is 5.25. The topological polar surface area (TPSA) is 43.8 Å². The molecule has 0 bridgehead atoms. The van der Waals surface area contributed by atoms with Crippen LogP contribution in [0.1, 0.15) is 25.7 Å². The molecule has 1 rings (SSSR count). The number of rotatable bonds is 4. The van der Waals surface area contributed by atoms with Crippen molar-refractivity contribution < 1.29 is 9.90 Å². The molecule has 1 aliphatic carbocycles. The maximum Gasteiger partial charge on any atom is 0.319 e. The van der Waals surface area contributed by atoms with Crippen LogP contribution in [0.2, 0.25) is 0 Å². The largest absolute Gasteiger partial charge is 0.396 e. The Balaban J connectivity index is 2.46. The molecule has 14 heavy (non-hydrogen) atoms. The number of carbonyl (C=O) groups is 1. The fourth-order valence-electron chi connectivity index (χ4n) is 1.63. The van der Waals surface area contributed by atoms with Crippen molar-refractivity contribution in [3.8, 4) is 0 Å². The summed E-state index contributed by atoms with van der Waals surface area (Å²) in [6, 6.07) is 0.486. The van der Waals surface area contributed by atoms with Gasteiger partial charge >= 0.3 is 6.03 Å². The molecule has 2 amide bonds. The van der Waals surface area contributed by atoms with Crippen molar-refractivity contribution in [2.45, 2.75) is 31.7 Å². The average Bonchev–Trinajstić information content (AvgIpc) is 2.07. The summed E-state index contributed by atoms with van der Waals surface area (Å²) >= 11 is 0. The molecule has 0 atom stereocenters. The molecule has 4 heteroatoms. The van der Waals surface area contributed by atoms with Gasteiger partial charge in [-0.3, -0.25) is 0 Å². The summed E-state index contributed by atoms with van der Waals surface area (Å²) in [4.78, 5) is 15.2. The van der Waals surface area contributed by atoms with Gasteiger partial charge in [0, 0.05) is 33.3 Å². The van der Waals surface area contributed by atoms with Gasteiger partial charge in [-0.15, -0.1) is 0 Å². The molecule has 82 valence electrons. The number of carbonyl (C=O) groups excluding carboxylic acids is 1. The van der Waals surface area contributed by atoms with Gasteiger partial charge in [-0.1, -0.05) is 0 Å². The number of aliphatic hydroxyl groups is 1. The molecule has 0 radical (unpaired) electrons. The Bertz CT molecular complexity index is 191. The van der Waals surface area contributed by atoms with E-state index < -0.39 is 0 Å². The van der Waals surface area contributed by atoms with Crippen LogP contribution in [0, 0.1) is 0 Å². The molecule has 0 aromatic rings. The lowest BCUT2D eigenvalue weighted by atomic mass is 9.91. The van der Waals surface area contributed by atoms with E-state index in [1.54, 1.807) is 19.0 Å². The molecule has 0 spiro atoms. The van der Waals surface area contributed by atoms with Crippen molar-refractivity contribution in [1.82, 2.24) is 9.80 Å². The quantitative estimate of drug-likeness (QED) is 0.733. The second-order valence-corrected chi connectivity index (χ2v) is 4.03. The first-order valence-corrected chi connectivity index (χ1v) is 5.25. The molecule has 0 heterocycles. The van der Waals surface area contributed by atoms with Crippen molar-refractivity contribution in [3.05, 3.63) is 0 Å². The number of urea groups is 1. The molecule has 1 N–H and O–H groups in total. The maximum atomic E-state index is 11.8. The predicted molar refractivity (Wildman–Crippen MR) is 55.1 cm³/mol. The fourth-order valence-corrected chi connectivity index (χ4v) is 1.63. The van der Waals surface area contributed by atoms with Crippen LogP contribution >= 0.6 is 0 Å². The van der Waals surface area contributed by atoms with Crippen LogP contribution in [0.5, 0.6) is 0 Å². The lowest BCUT2D eigenvalue weighted by Gasteiger charge is -2.38. The van der Waals surface area contributed by atoms with E-state index >= 15 is 0 Å². The number of hydrogen-bond donors (Lipinski definition) is 1. The minimum atomic E-state index is 0.0724. The minimum Gasteiger partial charge on any atom is -0.396 e. The molecular weight excluding hydrogens is 180 g/mol. The Morgan fingerprint density at radius 1 is 1.43 bits per heavy atom. The van der Waals surface area contributed by atoms with Gasteiger partial charge in [0.05, 0.1) is 0 Å². The normalized spacial score (nSPS) is 16.2. The van der Waals surface area contributed by atoms with Crippen molar-refractivity contribution in [2.24, 2.45) is 0 Å². The second kappa shape index (κ2) is 5.20. The maximum absolute atomic E-state index is 11.8. The highest BCUT2D eigenvalue weighted by molar-refractivity contribution is 5.74. The molecule has 0 unspecified atom stereocenters. The van der Waals surface area contributed by atoms with E-state index in [4.69, 9.17) is 5.11 Å². The van der Waals surface area contributed by atoms with E-state index in [9.17, 15) is 4.79 Å². The first-order chi connectivity index (χ1) is 6.66. The summed E-state index contributed by atoms with van der Waals surface area (Å²) in [6.07, 6.45) is 4.13. The summed E-state index contributed by atoms with van der Waals surface area (Å²) in [5, 5.41) is 8.76. The molecule has 0 aromatic carbocycles. The smallest absolute Gasteiger partial charge is 0.319 e. The molecule has 0 aromatic heterocycles. The standard InChI is InChI=1S/C10H20N2O2/c1-11(2)10(14)12(7-4-8-13)9-5-3-6-9/h9,13H,3-8H2,1-2H3. The van der Waals surface area contributed by atoms with E-state index in [0.717, 1.165) is 12.8 Å². The van der Waals surface area contributed by atoms with Crippen LogP contribution in [0.3, 0.4) is 0 Å². The molecule has 1 fully saturated rings. The molecule has 0 aliphatic heterocycles. The van der Waals surface area contributed by atoms with E-state index in [2.05, 4.69) is 0 Å². The Labute approximate surface area is 85.5 Å². The summed E-state index contributed by atoms with van der Waals surface area (Å²) in [5.41, 5.74) is 0. The van der Waals surface area contributed by atoms with Gasteiger partial charge in [0.1, 0.15) is 0 Å². The van der Waals surface area contributed by atoms with E-state index in [-0.39, 0.29) is 12.6 Å². The minimum absolute atomic E-state index is 0.0724. The Morgan fingerprint density at radius 3 is 2.43 bits per heavy atom. The van der Waals surface area contributed by atoms with E-state index in [1.165, 1.54) is 6.42 Å². The SMILES string of the molecule is CN(C)C(=O)N(CCCO)C1CCC1. The van der Waals surface area contributed by atoms with Crippen LogP contribution in [-0.2, 0) is 0 Å². The van der Waals surface area contributed by atoms with Gasteiger partial charge in [-0.2, -0.15) is 0 Å². The van der Waals surface area contributed by atoms with Crippen LogP contribution in [0.15, 0.2) is 0 Å². The third-order valence-corrected chi connectivity index (χ3v) is 2.70. The monoisotopic (exact) mass is 200 g/mol. The van der Waals surface area contributed by atoms with Gasteiger partial charge in [0.2, 0.25) is 0 Å². The molecule has 0 saturated heterocycles. The Morgan fingerprint density at radius 2 is 2.07 bits per heavy atom. The molecule has 1 saturated carbocycles. The first kappa shape index (κ1) is 11.3. The third kappa shape index (κ3) is 2.61. The van der Waals surface area contributed by atoms with Crippen LogP contribution < -0.4 is 0 Å². The molecule has 4 nitrogen and oxygen atoms in total. The summed E-state index contributed by atoms with van der Waals surface area (Å²) in [7, 11) is 3.54. The lowest BCUT2D eigenvalue weighted by molar-refractivity contribution is 0.112. The summed E-state index contributed by atoms with van der Waals surface area (Å²) < 4.78 is 0. The number of hydrogen-bond acceptors (Lipinski definition) is 2. The fraction of sp³-hybridized carbons (Fsp3) is 0.900. The van der Waals surface area contributed by atoms with Gasteiger partial charge < -0.3 is 14.9 Å². The average molecular weight is 200 g/mol. The van der Waals surface area contributed by atoms with E-state index in [0.29, 0.717) is 19.0 Å². The second-order valence-electron chi connectivity index (χ2n) is 4.03. The van der Waals surface area contributed by atoms with Gasteiger partial charge in [0.25, 0.3) is 0 Å². The number of nitrogens with zero attached hydrogens (tertiary/aromatic N) is 2. The highest BCUT2D eigenvalue weighted by atomic mass is 16.3. The Hall–Kier alpha value is -0.770. The predicted octanol–water partition coefficient (Wildman–Crippen LogP) is 0.905. The van der Waals surface area contributed by atoms with Crippen molar-refractivity contribution in [2.75, 3.05) is 27.2 Å². The van der Waals surface area contributed by atoms with Crippen molar-refractivity contribution in [3.63, 3.8) is 0 Å². The van der Waals surface area contributed by atoms with E-state index in [1.807, 2.05) is 4.90 Å².